The lowest BCUT2D eigenvalue weighted by Crippen LogP contribution is -2.46. The van der Waals surface area contributed by atoms with E-state index in [1.807, 2.05) is 24.3 Å². The molecule has 1 aliphatic carbocycles. The van der Waals surface area contributed by atoms with Crippen molar-refractivity contribution >= 4 is 29.0 Å². The van der Waals surface area contributed by atoms with Crippen molar-refractivity contribution in [2.45, 2.75) is 43.4 Å². The number of pyridine rings is 1. The SMILES string of the molecule is CCN1CCC2(CC1)CN(CC(=O)Nc1ccc3c(c1)CC1(C3)C(=O)Nc3ncccc31)c1ccccc12. The maximum absolute atomic E-state index is 13.3. The Morgan fingerprint density at radius 3 is 2.66 bits per heavy atom. The average molecular weight is 508 g/mol. The number of anilines is 3. The van der Waals surface area contributed by atoms with Crippen molar-refractivity contribution in [2.75, 3.05) is 48.3 Å². The van der Waals surface area contributed by atoms with E-state index in [1.165, 1.54) is 11.3 Å². The molecule has 1 saturated heterocycles. The Balaban J connectivity index is 1.07. The zero-order valence-electron chi connectivity index (χ0n) is 21.8. The van der Waals surface area contributed by atoms with E-state index >= 15 is 0 Å². The second kappa shape index (κ2) is 8.67. The standard InChI is InChI=1S/C31H33N5O2/c1-2-35-14-11-30(12-15-35)20-36(26-8-4-3-6-24(26)30)19-27(37)33-23-10-9-21-17-31(18-22(21)16-23)25-7-5-13-32-28(25)34-29(31)38/h3-10,13,16H,2,11-12,14-15,17-20H2,1H3,(H,33,37)(H,32,34,38). The number of aromatic nitrogens is 1. The maximum atomic E-state index is 13.3. The van der Waals surface area contributed by atoms with Crippen LogP contribution in [0.25, 0.3) is 0 Å². The van der Waals surface area contributed by atoms with E-state index in [0.717, 1.165) is 61.4 Å². The third-order valence-corrected chi connectivity index (χ3v) is 9.37. The van der Waals surface area contributed by atoms with Crippen molar-refractivity contribution in [3.05, 3.63) is 83.0 Å². The third kappa shape index (κ3) is 3.56. The van der Waals surface area contributed by atoms with Crippen LogP contribution in [0.3, 0.4) is 0 Å². The number of rotatable bonds is 4. The number of hydrogen-bond donors (Lipinski definition) is 2. The number of carbonyl (C=O) groups excluding carboxylic acids is 2. The molecule has 0 radical (unpaired) electrons. The summed E-state index contributed by atoms with van der Waals surface area (Å²) in [4.78, 5) is 35.4. The van der Waals surface area contributed by atoms with Crippen molar-refractivity contribution in [1.29, 1.82) is 0 Å². The normalized spacial score (nSPS) is 22.9. The molecule has 0 bridgehead atoms. The summed E-state index contributed by atoms with van der Waals surface area (Å²) in [6, 6.07) is 18.6. The summed E-state index contributed by atoms with van der Waals surface area (Å²) in [5, 5.41) is 6.11. The summed E-state index contributed by atoms with van der Waals surface area (Å²) in [6.07, 6.45) is 5.25. The van der Waals surface area contributed by atoms with Crippen molar-refractivity contribution in [3.8, 4) is 0 Å². The van der Waals surface area contributed by atoms with Gasteiger partial charge >= 0.3 is 0 Å². The minimum absolute atomic E-state index is 0.0105. The summed E-state index contributed by atoms with van der Waals surface area (Å²) in [6.45, 7) is 6.78. The average Bonchev–Trinajstić information content (AvgIpc) is 3.55. The van der Waals surface area contributed by atoms with Gasteiger partial charge in [-0.25, -0.2) is 4.98 Å². The summed E-state index contributed by atoms with van der Waals surface area (Å²) < 4.78 is 0. The lowest BCUT2D eigenvalue weighted by Gasteiger charge is -2.39. The first-order valence-corrected chi connectivity index (χ1v) is 13.8. The Morgan fingerprint density at radius 1 is 1.03 bits per heavy atom. The monoisotopic (exact) mass is 507 g/mol. The van der Waals surface area contributed by atoms with Gasteiger partial charge in [0.15, 0.2) is 0 Å². The molecule has 0 saturated carbocycles. The van der Waals surface area contributed by atoms with Gasteiger partial charge in [-0.05, 0) is 86.3 Å². The van der Waals surface area contributed by atoms with Crippen molar-refractivity contribution in [2.24, 2.45) is 0 Å². The number of fused-ring (bicyclic) bond motifs is 5. The molecule has 1 atom stereocenters. The van der Waals surface area contributed by atoms with E-state index in [4.69, 9.17) is 0 Å². The predicted molar refractivity (Wildman–Crippen MR) is 149 cm³/mol. The van der Waals surface area contributed by atoms with Gasteiger partial charge in [-0.3, -0.25) is 9.59 Å². The van der Waals surface area contributed by atoms with Gasteiger partial charge in [-0.15, -0.1) is 0 Å². The second-order valence-corrected chi connectivity index (χ2v) is 11.4. The minimum Gasteiger partial charge on any atom is -0.361 e. The van der Waals surface area contributed by atoms with Gasteiger partial charge in [-0.2, -0.15) is 0 Å². The zero-order valence-corrected chi connectivity index (χ0v) is 21.8. The topological polar surface area (TPSA) is 77.6 Å². The molecule has 3 aliphatic heterocycles. The Labute approximate surface area is 223 Å². The first kappa shape index (κ1) is 23.4. The highest BCUT2D eigenvalue weighted by Gasteiger charge is 2.51. The number of nitrogens with zero attached hydrogens (tertiary/aromatic N) is 3. The summed E-state index contributed by atoms with van der Waals surface area (Å²) in [7, 11) is 0. The van der Waals surface area contributed by atoms with Crippen LogP contribution in [-0.4, -0.2) is 54.4 Å². The van der Waals surface area contributed by atoms with E-state index in [9.17, 15) is 9.59 Å². The molecule has 7 heteroatoms. The van der Waals surface area contributed by atoms with Crippen molar-refractivity contribution in [1.82, 2.24) is 9.88 Å². The molecule has 4 heterocycles. The van der Waals surface area contributed by atoms with Gasteiger partial charge < -0.3 is 20.4 Å². The van der Waals surface area contributed by atoms with Gasteiger partial charge in [0, 0.05) is 35.1 Å². The van der Waals surface area contributed by atoms with Crippen LogP contribution in [0.5, 0.6) is 0 Å². The van der Waals surface area contributed by atoms with Crippen LogP contribution < -0.4 is 15.5 Å². The molecule has 194 valence electrons. The third-order valence-electron chi connectivity index (χ3n) is 9.37. The van der Waals surface area contributed by atoms with E-state index in [2.05, 4.69) is 62.7 Å². The van der Waals surface area contributed by atoms with Crippen LogP contribution in [-0.2, 0) is 33.3 Å². The van der Waals surface area contributed by atoms with Crippen LogP contribution in [0.2, 0.25) is 0 Å². The van der Waals surface area contributed by atoms with E-state index in [0.29, 0.717) is 25.2 Å². The minimum atomic E-state index is -0.602. The van der Waals surface area contributed by atoms with Crippen LogP contribution in [0.4, 0.5) is 17.2 Å². The van der Waals surface area contributed by atoms with Crippen molar-refractivity contribution in [3.63, 3.8) is 0 Å². The second-order valence-electron chi connectivity index (χ2n) is 11.4. The predicted octanol–water partition coefficient (Wildman–Crippen LogP) is 3.88. The van der Waals surface area contributed by atoms with Gasteiger partial charge in [0.25, 0.3) is 0 Å². The van der Waals surface area contributed by atoms with Crippen LogP contribution in [0, 0.1) is 0 Å². The van der Waals surface area contributed by atoms with Crippen LogP contribution in [0.15, 0.2) is 60.8 Å². The fourth-order valence-electron chi connectivity index (χ4n) is 7.32. The molecule has 2 amide bonds. The Morgan fingerprint density at radius 2 is 1.82 bits per heavy atom. The molecule has 2 aromatic carbocycles. The molecule has 7 nitrogen and oxygen atoms in total. The van der Waals surface area contributed by atoms with Crippen LogP contribution in [0.1, 0.15) is 42.0 Å². The highest BCUT2D eigenvalue weighted by Crippen LogP contribution is 2.48. The van der Waals surface area contributed by atoms with E-state index in [1.54, 1.807) is 6.20 Å². The zero-order chi connectivity index (χ0) is 25.9. The number of amides is 2. The van der Waals surface area contributed by atoms with Gasteiger partial charge in [0.2, 0.25) is 11.8 Å². The Bertz CT molecular complexity index is 1440. The molecular weight excluding hydrogens is 474 g/mol. The highest BCUT2D eigenvalue weighted by atomic mass is 16.2. The number of nitrogens with one attached hydrogen (secondary N) is 2. The van der Waals surface area contributed by atoms with E-state index < -0.39 is 5.41 Å². The number of benzene rings is 2. The molecule has 1 aromatic heterocycles. The lowest BCUT2D eigenvalue weighted by atomic mass is 9.74. The number of para-hydroxylation sites is 1. The van der Waals surface area contributed by atoms with E-state index in [-0.39, 0.29) is 17.2 Å². The quantitative estimate of drug-likeness (QED) is 0.561. The summed E-state index contributed by atoms with van der Waals surface area (Å²) >= 11 is 0. The Kier molecular flexibility index (Phi) is 5.34. The molecule has 38 heavy (non-hydrogen) atoms. The first-order valence-electron chi connectivity index (χ1n) is 13.8. The fraction of sp³-hybridized carbons (Fsp3) is 0.387. The number of piperidine rings is 1. The van der Waals surface area contributed by atoms with Crippen LogP contribution >= 0.6 is 0 Å². The largest absolute Gasteiger partial charge is 0.361 e. The molecule has 1 unspecified atom stereocenters. The lowest BCUT2D eigenvalue weighted by molar-refractivity contribution is -0.120. The number of carbonyl (C=O) groups is 2. The smallest absolute Gasteiger partial charge is 0.243 e. The highest BCUT2D eigenvalue weighted by molar-refractivity contribution is 6.06. The Hall–Kier alpha value is -3.71. The molecule has 2 N–H and O–H groups in total. The maximum Gasteiger partial charge on any atom is 0.243 e. The molecule has 2 spiro atoms. The fourth-order valence-corrected chi connectivity index (χ4v) is 7.32. The number of hydrogen-bond acceptors (Lipinski definition) is 5. The summed E-state index contributed by atoms with van der Waals surface area (Å²) in [5.41, 5.74) is 6.16. The van der Waals surface area contributed by atoms with Gasteiger partial charge in [-0.1, -0.05) is 37.3 Å². The molecule has 3 aromatic rings. The summed E-state index contributed by atoms with van der Waals surface area (Å²) in [5.74, 6) is 0.672. The molecule has 1 fully saturated rings. The number of likely N-dealkylation sites (tertiary alicyclic amines) is 1. The molecule has 4 aliphatic rings. The molecule has 7 rings (SSSR count). The first-order chi connectivity index (χ1) is 18.5. The van der Waals surface area contributed by atoms with Crippen molar-refractivity contribution < 1.29 is 9.59 Å². The van der Waals surface area contributed by atoms with Gasteiger partial charge in [0.1, 0.15) is 5.82 Å². The van der Waals surface area contributed by atoms with Gasteiger partial charge in [0.05, 0.1) is 12.0 Å². The molecular formula is C31H33N5O2.